The van der Waals surface area contributed by atoms with Crippen LogP contribution in [0.3, 0.4) is 0 Å². The highest BCUT2D eigenvalue weighted by atomic mass is 32.2. The van der Waals surface area contributed by atoms with Crippen molar-refractivity contribution >= 4 is 50.7 Å². The van der Waals surface area contributed by atoms with Gasteiger partial charge in [-0.05, 0) is 44.9 Å². The summed E-state index contributed by atoms with van der Waals surface area (Å²) in [6, 6.07) is 8.27. The predicted octanol–water partition coefficient (Wildman–Crippen LogP) is 4.38. The van der Waals surface area contributed by atoms with Crippen LogP contribution in [-0.4, -0.2) is 30.7 Å². The zero-order valence-corrected chi connectivity index (χ0v) is 17.1. The summed E-state index contributed by atoms with van der Waals surface area (Å²) in [4.78, 5) is 16.8. The summed E-state index contributed by atoms with van der Waals surface area (Å²) in [5.74, 6) is -0.0979. The van der Waals surface area contributed by atoms with E-state index in [0.29, 0.717) is 10.3 Å². The van der Waals surface area contributed by atoms with Crippen LogP contribution in [-0.2, 0) is 4.79 Å². The van der Waals surface area contributed by atoms with Gasteiger partial charge in [-0.2, -0.15) is 0 Å². The Morgan fingerprint density at radius 3 is 2.78 bits per heavy atom. The molecule has 0 bridgehead atoms. The maximum atomic E-state index is 12.5. The molecule has 27 heavy (non-hydrogen) atoms. The van der Waals surface area contributed by atoms with Crippen LogP contribution in [0.5, 0.6) is 0 Å². The number of pyridine rings is 1. The van der Waals surface area contributed by atoms with Gasteiger partial charge in [0.25, 0.3) is 0 Å². The van der Waals surface area contributed by atoms with Gasteiger partial charge in [-0.3, -0.25) is 9.20 Å². The van der Waals surface area contributed by atoms with Crippen LogP contribution in [0.2, 0.25) is 0 Å². The Morgan fingerprint density at radius 2 is 2.04 bits per heavy atom. The van der Waals surface area contributed by atoms with Crippen LogP contribution in [0.4, 0.5) is 5.13 Å². The lowest BCUT2D eigenvalue weighted by Gasteiger charge is -2.12. The SMILES string of the molecule is Cc1csc(NC(=O)C(C)Sc2nnc3cc(C)c4cccc(C)c4n23)n1. The molecule has 0 aliphatic rings. The van der Waals surface area contributed by atoms with E-state index in [2.05, 4.69) is 52.5 Å². The van der Waals surface area contributed by atoms with Crippen molar-refractivity contribution < 1.29 is 4.79 Å². The summed E-state index contributed by atoms with van der Waals surface area (Å²) in [5, 5.41) is 15.6. The molecule has 0 aliphatic heterocycles. The van der Waals surface area contributed by atoms with Gasteiger partial charge < -0.3 is 5.32 Å². The summed E-state index contributed by atoms with van der Waals surface area (Å²) in [6.45, 7) is 7.93. The molecule has 8 heteroatoms. The molecular formula is C19H19N5OS2. The van der Waals surface area contributed by atoms with Crippen molar-refractivity contribution in [2.75, 3.05) is 5.32 Å². The molecule has 0 saturated heterocycles. The topological polar surface area (TPSA) is 72.2 Å². The third kappa shape index (κ3) is 3.30. The Balaban J connectivity index is 1.69. The second-order valence-electron chi connectivity index (χ2n) is 6.52. The van der Waals surface area contributed by atoms with E-state index in [4.69, 9.17) is 0 Å². The fraction of sp³-hybridized carbons (Fsp3) is 0.263. The van der Waals surface area contributed by atoms with Crippen LogP contribution in [0.15, 0.2) is 34.8 Å². The van der Waals surface area contributed by atoms with E-state index in [1.54, 1.807) is 0 Å². The highest BCUT2D eigenvalue weighted by molar-refractivity contribution is 8.00. The highest BCUT2D eigenvalue weighted by Gasteiger charge is 2.20. The maximum absolute atomic E-state index is 12.5. The summed E-state index contributed by atoms with van der Waals surface area (Å²) in [5.41, 5.74) is 5.09. The number of anilines is 1. The molecule has 0 aliphatic carbocycles. The van der Waals surface area contributed by atoms with E-state index >= 15 is 0 Å². The Labute approximate surface area is 165 Å². The first-order chi connectivity index (χ1) is 12.9. The van der Waals surface area contributed by atoms with Gasteiger partial charge in [-0.25, -0.2) is 4.98 Å². The van der Waals surface area contributed by atoms with Gasteiger partial charge in [0.15, 0.2) is 15.9 Å². The van der Waals surface area contributed by atoms with Crippen LogP contribution < -0.4 is 5.32 Å². The van der Waals surface area contributed by atoms with Crippen molar-refractivity contribution in [2.24, 2.45) is 0 Å². The third-order valence-corrected chi connectivity index (χ3v) is 6.31. The molecule has 4 rings (SSSR count). The van der Waals surface area contributed by atoms with E-state index in [-0.39, 0.29) is 11.2 Å². The molecule has 1 N–H and O–H groups in total. The lowest BCUT2D eigenvalue weighted by Crippen LogP contribution is -2.22. The zero-order valence-electron chi connectivity index (χ0n) is 15.5. The molecule has 6 nitrogen and oxygen atoms in total. The number of fused-ring (bicyclic) bond motifs is 3. The smallest absolute Gasteiger partial charge is 0.239 e. The quantitative estimate of drug-likeness (QED) is 0.517. The Bertz CT molecular complexity index is 1160. The first-order valence-corrected chi connectivity index (χ1v) is 10.3. The zero-order chi connectivity index (χ0) is 19.1. The number of rotatable bonds is 4. The standard InChI is InChI=1S/C19H19N5OS2/c1-10-6-5-7-14-11(2)8-15-22-23-19(24(15)16(10)14)27-13(4)17(25)21-18-20-12(3)9-26-18/h5-9,13H,1-4H3,(H,20,21,25). The molecule has 3 heterocycles. The predicted molar refractivity (Wildman–Crippen MR) is 111 cm³/mol. The van der Waals surface area contributed by atoms with Gasteiger partial charge in [0.2, 0.25) is 5.91 Å². The molecular weight excluding hydrogens is 378 g/mol. The Kier molecular flexibility index (Phi) is 4.61. The third-order valence-electron chi connectivity index (χ3n) is 4.39. The number of thiazole rings is 1. The first kappa shape index (κ1) is 17.9. The van der Waals surface area contributed by atoms with Gasteiger partial charge in [0.05, 0.1) is 16.5 Å². The van der Waals surface area contributed by atoms with Crippen LogP contribution in [0.1, 0.15) is 23.7 Å². The lowest BCUT2D eigenvalue weighted by molar-refractivity contribution is -0.115. The lowest BCUT2D eigenvalue weighted by atomic mass is 10.1. The highest BCUT2D eigenvalue weighted by Crippen LogP contribution is 2.30. The monoisotopic (exact) mass is 397 g/mol. The fourth-order valence-corrected chi connectivity index (χ4v) is 4.59. The Morgan fingerprint density at radius 1 is 1.22 bits per heavy atom. The molecule has 1 aromatic carbocycles. The number of hydrogen-bond donors (Lipinski definition) is 1. The first-order valence-electron chi connectivity index (χ1n) is 8.58. The molecule has 4 aromatic rings. The number of benzene rings is 1. The van der Waals surface area contributed by atoms with E-state index in [1.807, 2.05) is 29.7 Å². The van der Waals surface area contributed by atoms with Crippen molar-refractivity contribution in [1.29, 1.82) is 0 Å². The van der Waals surface area contributed by atoms with E-state index in [1.165, 1.54) is 28.5 Å². The normalized spacial score (nSPS) is 12.6. The van der Waals surface area contributed by atoms with E-state index < -0.39 is 0 Å². The average Bonchev–Trinajstić information content (AvgIpc) is 3.21. The molecule has 1 unspecified atom stereocenters. The van der Waals surface area contributed by atoms with E-state index in [9.17, 15) is 4.79 Å². The molecule has 1 atom stereocenters. The van der Waals surface area contributed by atoms with Gasteiger partial charge in [0.1, 0.15) is 0 Å². The van der Waals surface area contributed by atoms with Crippen molar-refractivity contribution in [1.82, 2.24) is 19.6 Å². The number of amides is 1. The number of carbonyl (C=O) groups is 1. The fourth-order valence-electron chi connectivity index (χ4n) is 3.04. The molecule has 3 aromatic heterocycles. The number of nitrogens with one attached hydrogen (secondary N) is 1. The van der Waals surface area contributed by atoms with Crippen molar-refractivity contribution in [2.45, 2.75) is 38.1 Å². The Hall–Kier alpha value is -2.45. The number of nitrogens with zero attached hydrogens (tertiary/aromatic N) is 4. The number of aryl methyl sites for hydroxylation is 3. The number of para-hydroxylation sites is 1. The summed E-state index contributed by atoms with van der Waals surface area (Å²) in [6.07, 6.45) is 0. The van der Waals surface area contributed by atoms with Crippen molar-refractivity contribution in [3.8, 4) is 0 Å². The maximum Gasteiger partial charge on any atom is 0.239 e. The van der Waals surface area contributed by atoms with Crippen LogP contribution in [0, 0.1) is 20.8 Å². The minimum atomic E-state index is -0.332. The van der Waals surface area contributed by atoms with E-state index in [0.717, 1.165) is 28.0 Å². The minimum Gasteiger partial charge on any atom is -0.301 e. The van der Waals surface area contributed by atoms with Gasteiger partial charge in [-0.1, -0.05) is 30.0 Å². The number of thioether (sulfide) groups is 1. The number of aromatic nitrogens is 4. The summed E-state index contributed by atoms with van der Waals surface area (Å²) < 4.78 is 2.04. The number of hydrogen-bond acceptors (Lipinski definition) is 6. The molecule has 138 valence electrons. The summed E-state index contributed by atoms with van der Waals surface area (Å²) in [7, 11) is 0. The molecule has 0 spiro atoms. The molecule has 0 saturated carbocycles. The van der Waals surface area contributed by atoms with Crippen molar-refractivity contribution in [3.63, 3.8) is 0 Å². The van der Waals surface area contributed by atoms with Crippen molar-refractivity contribution in [3.05, 3.63) is 46.5 Å². The second-order valence-corrected chi connectivity index (χ2v) is 8.68. The molecule has 0 radical (unpaired) electrons. The van der Waals surface area contributed by atoms with Gasteiger partial charge in [0, 0.05) is 10.8 Å². The molecule has 0 fully saturated rings. The van der Waals surface area contributed by atoms with Crippen LogP contribution in [0.25, 0.3) is 16.6 Å². The van der Waals surface area contributed by atoms with Gasteiger partial charge >= 0.3 is 0 Å². The summed E-state index contributed by atoms with van der Waals surface area (Å²) >= 11 is 2.82. The average molecular weight is 398 g/mol. The molecule has 1 amide bonds. The second kappa shape index (κ2) is 6.94. The largest absolute Gasteiger partial charge is 0.301 e. The number of carbonyl (C=O) groups excluding carboxylic acids is 1. The van der Waals surface area contributed by atoms with Crippen LogP contribution >= 0.6 is 23.1 Å². The van der Waals surface area contributed by atoms with Gasteiger partial charge in [-0.15, -0.1) is 21.5 Å². The minimum absolute atomic E-state index is 0.0979.